The zero-order chi connectivity index (χ0) is 18.5. The molecule has 1 N–H and O–H groups in total. The van der Waals surface area contributed by atoms with E-state index in [1.165, 1.54) is 0 Å². The molecule has 1 fully saturated rings. The molecule has 0 unspecified atom stereocenters. The molecule has 6 nitrogen and oxygen atoms in total. The minimum Gasteiger partial charge on any atom is -0.489 e. The van der Waals surface area contributed by atoms with Crippen molar-refractivity contribution in [1.29, 1.82) is 0 Å². The fourth-order valence-electron chi connectivity index (χ4n) is 3.06. The third kappa shape index (κ3) is 4.25. The van der Waals surface area contributed by atoms with E-state index in [2.05, 4.69) is 10.5 Å². The molecule has 1 aromatic heterocycles. The summed E-state index contributed by atoms with van der Waals surface area (Å²) in [4.78, 5) is 12.8. The number of aryl methyl sites for hydroxylation is 1. The van der Waals surface area contributed by atoms with Crippen LogP contribution in [0.4, 0.5) is 5.69 Å². The van der Waals surface area contributed by atoms with Crippen molar-refractivity contribution in [1.82, 2.24) is 5.16 Å². The van der Waals surface area contributed by atoms with Crippen LogP contribution < -0.4 is 10.1 Å². The fraction of sp³-hybridized carbons (Fsp3) is 0.500. The van der Waals surface area contributed by atoms with E-state index < -0.39 is 0 Å². The molecule has 1 aliphatic rings. The Labute approximate surface area is 153 Å². The first-order chi connectivity index (χ1) is 12.6. The summed E-state index contributed by atoms with van der Waals surface area (Å²) >= 11 is 0. The summed E-state index contributed by atoms with van der Waals surface area (Å²) in [5.41, 5.74) is 1.70. The number of amides is 1. The van der Waals surface area contributed by atoms with Crippen molar-refractivity contribution in [2.75, 3.05) is 18.5 Å². The number of nitrogens with zero attached hydrogens (tertiary/aromatic N) is 1. The van der Waals surface area contributed by atoms with Crippen LogP contribution in [0.3, 0.4) is 0 Å². The van der Waals surface area contributed by atoms with Crippen LogP contribution in [0.2, 0.25) is 0 Å². The van der Waals surface area contributed by atoms with E-state index in [4.69, 9.17) is 14.0 Å². The highest BCUT2D eigenvalue weighted by Crippen LogP contribution is 2.28. The summed E-state index contributed by atoms with van der Waals surface area (Å²) in [6.45, 7) is 6.98. The van der Waals surface area contributed by atoms with Gasteiger partial charge in [-0.15, -0.1) is 0 Å². The second kappa shape index (κ2) is 8.36. The lowest BCUT2D eigenvalue weighted by Crippen LogP contribution is -2.26. The van der Waals surface area contributed by atoms with Crippen molar-refractivity contribution in [3.63, 3.8) is 0 Å². The van der Waals surface area contributed by atoms with Crippen molar-refractivity contribution in [2.24, 2.45) is 0 Å². The standard InChI is InChI=1S/C20H26N2O4/c1-13(2)19-18(14(3)22-26-19)20(23)21-16-9-4-5-10-17(16)25-12-15-8-6-7-11-24-15/h4-5,9-10,13,15H,6-8,11-12H2,1-3H3,(H,21,23)/t15-/m1/s1. The van der Waals surface area contributed by atoms with E-state index in [1.54, 1.807) is 6.92 Å². The number of rotatable bonds is 6. The lowest BCUT2D eigenvalue weighted by Gasteiger charge is -2.23. The fourth-order valence-corrected chi connectivity index (χ4v) is 3.06. The molecule has 2 aromatic rings. The number of aromatic nitrogens is 1. The number of hydrogen-bond donors (Lipinski definition) is 1. The SMILES string of the molecule is Cc1noc(C(C)C)c1C(=O)Nc1ccccc1OC[C@H]1CCCCO1. The zero-order valence-electron chi connectivity index (χ0n) is 15.6. The van der Waals surface area contributed by atoms with Gasteiger partial charge in [-0.1, -0.05) is 31.1 Å². The molecule has 3 rings (SSSR count). The van der Waals surface area contributed by atoms with E-state index in [-0.39, 0.29) is 17.9 Å². The second-order valence-corrected chi connectivity index (χ2v) is 6.91. The molecule has 1 aliphatic heterocycles. The smallest absolute Gasteiger partial charge is 0.261 e. The predicted molar refractivity (Wildman–Crippen MR) is 98.8 cm³/mol. The van der Waals surface area contributed by atoms with Gasteiger partial charge in [0.2, 0.25) is 0 Å². The molecule has 6 heteroatoms. The van der Waals surface area contributed by atoms with Gasteiger partial charge in [0.1, 0.15) is 17.9 Å². The molecule has 0 radical (unpaired) electrons. The van der Waals surface area contributed by atoms with E-state index in [9.17, 15) is 4.79 Å². The van der Waals surface area contributed by atoms with Crippen LogP contribution in [-0.4, -0.2) is 30.4 Å². The lowest BCUT2D eigenvalue weighted by molar-refractivity contribution is -0.0109. The lowest BCUT2D eigenvalue weighted by atomic mass is 10.0. The average molecular weight is 358 g/mol. The van der Waals surface area contributed by atoms with Crippen LogP contribution in [0.25, 0.3) is 0 Å². The Morgan fingerprint density at radius 3 is 2.88 bits per heavy atom. The summed E-state index contributed by atoms with van der Waals surface area (Å²) in [6, 6.07) is 7.43. The molecule has 1 aromatic carbocycles. The van der Waals surface area contributed by atoms with Gasteiger partial charge in [0.05, 0.1) is 17.5 Å². The number of ether oxygens (including phenoxy) is 2. The number of hydrogen-bond acceptors (Lipinski definition) is 5. The Hall–Kier alpha value is -2.34. The Morgan fingerprint density at radius 1 is 1.35 bits per heavy atom. The first-order valence-electron chi connectivity index (χ1n) is 9.17. The van der Waals surface area contributed by atoms with Gasteiger partial charge in [-0.3, -0.25) is 4.79 Å². The molecule has 0 aliphatic carbocycles. The summed E-state index contributed by atoms with van der Waals surface area (Å²) in [6.07, 6.45) is 3.39. The monoisotopic (exact) mass is 358 g/mol. The van der Waals surface area contributed by atoms with Gasteiger partial charge in [-0.2, -0.15) is 0 Å². The molecular formula is C20H26N2O4. The number of anilines is 1. The van der Waals surface area contributed by atoms with Crippen molar-refractivity contribution < 1.29 is 18.8 Å². The highest BCUT2D eigenvalue weighted by Gasteiger charge is 2.23. The molecular weight excluding hydrogens is 332 g/mol. The molecule has 0 spiro atoms. The van der Waals surface area contributed by atoms with Gasteiger partial charge in [-0.05, 0) is 38.3 Å². The maximum Gasteiger partial charge on any atom is 0.261 e. The van der Waals surface area contributed by atoms with E-state index in [0.717, 1.165) is 25.9 Å². The van der Waals surface area contributed by atoms with Gasteiger partial charge in [0, 0.05) is 12.5 Å². The molecule has 140 valence electrons. The molecule has 1 amide bonds. The molecule has 0 saturated carbocycles. The number of para-hydroxylation sites is 2. The Kier molecular flexibility index (Phi) is 5.93. The summed E-state index contributed by atoms with van der Waals surface area (Å²) in [5.74, 6) is 1.06. The Morgan fingerprint density at radius 2 is 2.15 bits per heavy atom. The number of benzene rings is 1. The van der Waals surface area contributed by atoms with E-state index in [1.807, 2.05) is 38.1 Å². The zero-order valence-corrected chi connectivity index (χ0v) is 15.6. The summed E-state index contributed by atoms with van der Waals surface area (Å²) in [5, 5.41) is 6.87. The van der Waals surface area contributed by atoms with E-state index in [0.29, 0.717) is 35.1 Å². The summed E-state index contributed by atoms with van der Waals surface area (Å²) < 4.78 is 16.9. The predicted octanol–water partition coefficient (Wildman–Crippen LogP) is 4.31. The van der Waals surface area contributed by atoms with Crippen LogP contribution >= 0.6 is 0 Å². The summed E-state index contributed by atoms with van der Waals surface area (Å²) in [7, 11) is 0. The average Bonchev–Trinajstić information content (AvgIpc) is 3.04. The molecule has 1 saturated heterocycles. The van der Waals surface area contributed by atoms with Gasteiger partial charge < -0.3 is 19.3 Å². The third-order valence-electron chi connectivity index (χ3n) is 4.47. The highest BCUT2D eigenvalue weighted by atomic mass is 16.5. The maximum absolute atomic E-state index is 12.8. The van der Waals surface area contributed by atoms with Crippen molar-refractivity contribution in [3.8, 4) is 5.75 Å². The van der Waals surface area contributed by atoms with Crippen LogP contribution in [0, 0.1) is 6.92 Å². The Balaban J connectivity index is 1.72. The first kappa shape index (κ1) is 18.5. The molecule has 2 heterocycles. The number of carbonyl (C=O) groups excluding carboxylic acids is 1. The first-order valence-corrected chi connectivity index (χ1v) is 9.17. The molecule has 0 bridgehead atoms. The minimum absolute atomic E-state index is 0.0758. The molecule has 1 atom stereocenters. The largest absolute Gasteiger partial charge is 0.489 e. The topological polar surface area (TPSA) is 73.6 Å². The maximum atomic E-state index is 12.8. The number of carbonyl (C=O) groups is 1. The third-order valence-corrected chi connectivity index (χ3v) is 4.47. The van der Waals surface area contributed by atoms with Crippen molar-refractivity contribution in [3.05, 3.63) is 41.3 Å². The highest BCUT2D eigenvalue weighted by molar-refractivity contribution is 6.06. The van der Waals surface area contributed by atoms with Crippen LogP contribution in [0.5, 0.6) is 5.75 Å². The van der Waals surface area contributed by atoms with Crippen LogP contribution in [0.15, 0.2) is 28.8 Å². The quantitative estimate of drug-likeness (QED) is 0.833. The van der Waals surface area contributed by atoms with E-state index >= 15 is 0 Å². The van der Waals surface area contributed by atoms with Crippen molar-refractivity contribution in [2.45, 2.75) is 52.1 Å². The Bertz CT molecular complexity index is 748. The normalized spacial score (nSPS) is 17.3. The number of nitrogens with one attached hydrogen (secondary N) is 1. The van der Waals surface area contributed by atoms with Crippen LogP contribution in [-0.2, 0) is 4.74 Å². The van der Waals surface area contributed by atoms with Gasteiger partial charge in [-0.25, -0.2) is 0 Å². The molecule has 26 heavy (non-hydrogen) atoms. The van der Waals surface area contributed by atoms with Gasteiger partial charge in [0.25, 0.3) is 5.91 Å². The van der Waals surface area contributed by atoms with Crippen LogP contribution in [0.1, 0.15) is 60.8 Å². The second-order valence-electron chi connectivity index (χ2n) is 6.91. The minimum atomic E-state index is -0.239. The van der Waals surface area contributed by atoms with Gasteiger partial charge >= 0.3 is 0 Å². The van der Waals surface area contributed by atoms with Gasteiger partial charge in [0.15, 0.2) is 5.76 Å². The van der Waals surface area contributed by atoms with Crippen molar-refractivity contribution >= 4 is 11.6 Å².